The number of aliphatic hydroxyl groups is 1. The summed E-state index contributed by atoms with van der Waals surface area (Å²) in [6.07, 6.45) is -1.72. The van der Waals surface area contributed by atoms with E-state index < -0.39 is 18.0 Å². The van der Waals surface area contributed by atoms with Crippen molar-refractivity contribution in [2.45, 2.75) is 31.7 Å². The largest absolute Gasteiger partial charge is 0.573 e. The van der Waals surface area contributed by atoms with Gasteiger partial charge in [0.1, 0.15) is 5.75 Å². The highest BCUT2D eigenvalue weighted by Gasteiger charge is 2.31. The number of hydrogen-bond donors (Lipinski definition) is 2. The Labute approximate surface area is 138 Å². The summed E-state index contributed by atoms with van der Waals surface area (Å²) < 4.78 is 40.4. The van der Waals surface area contributed by atoms with Gasteiger partial charge in [-0.15, -0.1) is 13.2 Å². The van der Waals surface area contributed by atoms with Gasteiger partial charge < -0.3 is 15.2 Å². The SMILES string of the molecule is O=C(NCCN1CCCC[C@@H]1CO)c1cccc(OC(F)(F)F)c1. The number of alkyl halides is 3. The van der Waals surface area contributed by atoms with E-state index in [1.165, 1.54) is 12.1 Å². The van der Waals surface area contributed by atoms with Gasteiger partial charge in [0.05, 0.1) is 6.61 Å². The van der Waals surface area contributed by atoms with Crippen molar-refractivity contribution in [2.75, 3.05) is 26.2 Å². The van der Waals surface area contributed by atoms with E-state index in [0.717, 1.165) is 37.9 Å². The number of rotatable bonds is 6. The molecule has 24 heavy (non-hydrogen) atoms. The fraction of sp³-hybridized carbons (Fsp3) is 0.562. The molecule has 1 atom stereocenters. The van der Waals surface area contributed by atoms with Crippen LogP contribution in [-0.4, -0.2) is 54.6 Å². The Hall–Kier alpha value is -1.80. The van der Waals surface area contributed by atoms with Crippen LogP contribution in [0.15, 0.2) is 24.3 Å². The molecule has 1 aliphatic rings. The first-order valence-electron chi connectivity index (χ1n) is 7.88. The lowest BCUT2D eigenvalue weighted by Crippen LogP contribution is -2.45. The minimum Gasteiger partial charge on any atom is -0.406 e. The van der Waals surface area contributed by atoms with Crippen molar-refractivity contribution >= 4 is 5.91 Å². The zero-order chi connectivity index (χ0) is 17.6. The molecule has 0 unspecified atom stereocenters. The van der Waals surface area contributed by atoms with Crippen LogP contribution in [0.5, 0.6) is 5.75 Å². The highest BCUT2D eigenvalue weighted by atomic mass is 19.4. The lowest BCUT2D eigenvalue weighted by atomic mass is 10.0. The third-order valence-corrected chi connectivity index (χ3v) is 3.97. The summed E-state index contributed by atoms with van der Waals surface area (Å²) in [6, 6.07) is 5.07. The molecule has 134 valence electrons. The number of nitrogens with zero attached hydrogens (tertiary/aromatic N) is 1. The number of halogens is 3. The molecule has 1 aliphatic heterocycles. The van der Waals surface area contributed by atoms with E-state index in [1.54, 1.807) is 0 Å². The smallest absolute Gasteiger partial charge is 0.406 e. The van der Waals surface area contributed by atoms with Crippen LogP contribution in [-0.2, 0) is 0 Å². The summed E-state index contributed by atoms with van der Waals surface area (Å²) in [7, 11) is 0. The maximum atomic E-state index is 12.2. The Morgan fingerprint density at radius 3 is 2.88 bits per heavy atom. The minimum atomic E-state index is -4.79. The number of benzene rings is 1. The van der Waals surface area contributed by atoms with Gasteiger partial charge in [0.15, 0.2) is 0 Å². The lowest BCUT2D eigenvalue weighted by molar-refractivity contribution is -0.274. The predicted molar refractivity (Wildman–Crippen MR) is 81.8 cm³/mol. The van der Waals surface area contributed by atoms with Crippen LogP contribution in [0.4, 0.5) is 13.2 Å². The second-order valence-corrected chi connectivity index (χ2v) is 5.70. The first kappa shape index (κ1) is 18.5. The third-order valence-electron chi connectivity index (χ3n) is 3.97. The molecule has 1 aromatic rings. The molecule has 8 heteroatoms. The molecule has 1 fully saturated rings. The maximum Gasteiger partial charge on any atom is 0.573 e. The second kappa shape index (κ2) is 8.34. The molecule has 1 amide bonds. The van der Waals surface area contributed by atoms with Gasteiger partial charge in [-0.1, -0.05) is 12.5 Å². The van der Waals surface area contributed by atoms with Gasteiger partial charge in [-0.2, -0.15) is 0 Å². The molecule has 1 heterocycles. The fourth-order valence-corrected chi connectivity index (χ4v) is 2.81. The second-order valence-electron chi connectivity index (χ2n) is 5.70. The summed E-state index contributed by atoms with van der Waals surface area (Å²) in [5.41, 5.74) is 0.106. The van der Waals surface area contributed by atoms with Crippen molar-refractivity contribution in [2.24, 2.45) is 0 Å². The zero-order valence-electron chi connectivity index (χ0n) is 13.2. The molecule has 0 saturated carbocycles. The Balaban J connectivity index is 1.85. The van der Waals surface area contributed by atoms with Crippen molar-refractivity contribution < 1.29 is 27.8 Å². The molecule has 0 aliphatic carbocycles. The van der Waals surface area contributed by atoms with Crippen LogP contribution in [0, 0.1) is 0 Å². The zero-order valence-corrected chi connectivity index (χ0v) is 13.2. The highest BCUT2D eigenvalue weighted by Crippen LogP contribution is 2.23. The molecule has 1 saturated heterocycles. The van der Waals surface area contributed by atoms with E-state index in [2.05, 4.69) is 15.0 Å². The normalized spacial score (nSPS) is 19.1. The molecule has 0 aromatic heterocycles. The average molecular weight is 346 g/mol. The van der Waals surface area contributed by atoms with Gasteiger partial charge in [0.25, 0.3) is 5.91 Å². The van der Waals surface area contributed by atoms with E-state index in [-0.39, 0.29) is 18.2 Å². The number of piperidine rings is 1. The number of likely N-dealkylation sites (tertiary alicyclic amines) is 1. The Morgan fingerprint density at radius 2 is 2.17 bits per heavy atom. The van der Waals surface area contributed by atoms with E-state index in [1.807, 2.05) is 0 Å². The van der Waals surface area contributed by atoms with Gasteiger partial charge in [-0.25, -0.2) is 0 Å². The van der Waals surface area contributed by atoms with Crippen molar-refractivity contribution in [1.82, 2.24) is 10.2 Å². The summed E-state index contributed by atoms with van der Waals surface area (Å²) >= 11 is 0. The number of carbonyl (C=O) groups excluding carboxylic acids is 1. The molecule has 1 aromatic carbocycles. The quantitative estimate of drug-likeness (QED) is 0.829. The first-order valence-corrected chi connectivity index (χ1v) is 7.88. The number of hydrogen-bond acceptors (Lipinski definition) is 4. The van der Waals surface area contributed by atoms with Crippen molar-refractivity contribution in [3.63, 3.8) is 0 Å². The van der Waals surface area contributed by atoms with Crippen LogP contribution in [0.1, 0.15) is 29.6 Å². The van der Waals surface area contributed by atoms with Crippen molar-refractivity contribution in [1.29, 1.82) is 0 Å². The number of ether oxygens (including phenoxy) is 1. The average Bonchev–Trinajstić information content (AvgIpc) is 2.54. The van der Waals surface area contributed by atoms with Crippen molar-refractivity contribution in [3.8, 4) is 5.75 Å². The Kier molecular flexibility index (Phi) is 6.44. The van der Waals surface area contributed by atoms with E-state index in [9.17, 15) is 23.1 Å². The fourth-order valence-electron chi connectivity index (χ4n) is 2.81. The van der Waals surface area contributed by atoms with Gasteiger partial charge in [-0.05, 0) is 37.6 Å². The third kappa shape index (κ3) is 5.68. The van der Waals surface area contributed by atoms with Crippen LogP contribution < -0.4 is 10.1 Å². The van der Waals surface area contributed by atoms with Gasteiger partial charge in [0, 0.05) is 24.7 Å². The van der Waals surface area contributed by atoms with Crippen LogP contribution in [0.25, 0.3) is 0 Å². The number of amides is 1. The summed E-state index contributed by atoms with van der Waals surface area (Å²) in [5.74, 6) is -0.883. The van der Waals surface area contributed by atoms with Crippen LogP contribution >= 0.6 is 0 Å². The van der Waals surface area contributed by atoms with Crippen molar-refractivity contribution in [3.05, 3.63) is 29.8 Å². The molecule has 0 radical (unpaired) electrons. The minimum absolute atomic E-state index is 0.0881. The van der Waals surface area contributed by atoms with Crippen LogP contribution in [0.2, 0.25) is 0 Å². The Bertz CT molecular complexity index is 552. The topological polar surface area (TPSA) is 61.8 Å². The number of aliphatic hydroxyl groups excluding tert-OH is 1. The first-order chi connectivity index (χ1) is 11.4. The lowest BCUT2D eigenvalue weighted by Gasteiger charge is -2.34. The molecule has 0 spiro atoms. The molecule has 5 nitrogen and oxygen atoms in total. The van der Waals surface area contributed by atoms with Gasteiger partial charge in [0.2, 0.25) is 0 Å². The van der Waals surface area contributed by atoms with Crippen LogP contribution in [0.3, 0.4) is 0 Å². The van der Waals surface area contributed by atoms with Gasteiger partial charge >= 0.3 is 6.36 Å². The molecular formula is C16H21F3N2O3. The van der Waals surface area contributed by atoms with E-state index in [4.69, 9.17) is 0 Å². The van der Waals surface area contributed by atoms with E-state index >= 15 is 0 Å². The number of nitrogens with one attached hydrogen (secondary N) is 1. The highest BCUT2D eigenvalue weighted by molar-refractivity contribution is 5.94. The predicted octanol–water partition coefficient (Wildman–Crippen LogP) is 2.16. The maximum absolute atomic E-state index is 12.2. The van der Waals surface area contributed by atoms with E-state index in [0.29, 0.717) is 13.1 Å². The molecular weight excluding hydrogens is 325 g/mol. The summed E-state index contributed by atoms with van der Waals surface area (Å²) in [6.45, 7) is 1.91. The standard InChI is InChI=1S/C16H21F3N2O3/c17-16(18,19)24-14-6-3-4-12(10-14)15(23)20-7-9-21-8-2-1-5-13(21)11-22/h3-4,6,10,13,22H,1-2,5,7-9,11H2,(H,20,23)/t13-/m1/s1. The summed E-state index contributed by atoms with van der Waals surface area (Å²) in [4.78, 5) is 14.2. The molecule has 2 N–H and O–H groups in total. The summed E-state index contributed by atoms with van der Waals surface area (Å²) in [5, 5.41) is 12.0. The molecule has 0 bridgehead atoms. The Morgan fingerprint density at radius 1 is 1.38 bits per heavy atom. The molecule has 2 rings (SSSR count). The van der Waals surface area contributed by atoms with Gasteiger partial charge in [-0.3, -0.25) is 9.69 Å². The number of carbonyl (C=O) groups is 1. The monoisotopic (exact) mass is 346 g/mol.